The van der Waals surface area contributed by atoms with Crippen LogP contribution in [0, 0.1) is 5.41 Å². The Morgan fingerprint density at radius 3 is 2.43 bits per heavy atom. The molecule has 0 heterocycles. The lowest BCUT2D eigenvalue weighted by Gasteiger charge is -2.30. The third-order valence-corrected chi connectivity index (χ3v) is 2.95. The van der Waals surface area contributed by atoms with Crippen molar-refractivity contribution >= 4 is 11.6 Å². The van der Waals surface area contributed by atoms with E-state index < -0.39 is 0 Å². The zero-order chi connectivity index (χ0) is 10.8. The normalized spacial score (nSPS) is 14.1. The van der Waals surface area contributed by atoms with E-state index in [0.717, 1.165) is 5.56 Å². The maximum Gasteiger partial charge on any atom is 0.0453 e. The van der Waals surface area contributed by atoms with Crippen LogP contribution in [0.1, 0.15) is 25.5 Å². The molecule has 0 aliphatic rings. The van der Waals surface area contributed by atoms with Crippen molar-refractivity contribution in [2.75, 3.05) is 6.54 Å². The second-order valence-corrected chi connectivity index (χ2v) is 4.60. The molecule has 1 atom stereocenters. The lowest BCUT2D eigenvalue weighted by molar-refractivity contribution is 0.301. The van der Waals surface area contributed by atoms with E-state index in [2.05, 4.69) is 0 Å². The van der Waals surface area contributed by atoms with Crippen LogP contribution < -0.4 is 11.5 Å². The first-order valence-corrected chi connectivity index (χ1v) is 5.07. The molecule has 78 valence electrons. The Morgan fingerprint density at radius 1 is 1.36 bits per heavy atom. The fourth-order valence-corrected chi connectivity index (χ4v) is 1.53. The van der Waals surface area contributed by atoms with Crippen molar-refractivity contribution in [2.45, 2.75) is 19.9 Å². The van der Waals surface area contributed by atoms with E-state index in [1.165, 1.54) is 0 Å². The number of hydrogen-bond acceptors (Lipinski definition) is 2. The van der Waals surface area contributed by atoms with Crippen LogP contribution in [0.15, 0.2) is 24.3 Å². The molecule has 0 bridgehead atoms. The Labute approximate surface area is 90.2 Å². The van der Waals surface area contributed by atoms with Crippen LogP contribution in [0.2, 0.25) is 5.02 Å². The Bertz CT molecular complexity index is 310. The van der Waals surface area contributed by atoms with Crippen LogP contribution in [0.25, 0.3) is 0 Å². The Hall–Kier alpha value is -0.570. The van der Waals surface area contributed by atoms with Gasteiger partial charge in [-0.3, -0.25) is 0 Å². The van der Waals surface area contributed by atoms with E-state index >= 15 is 0 Å². The summed E-state index contributed by atoms with van der Waals surface area (Å²) in [5.41, 5.74) is 12.6. The number of benzene rings is 1. The summed E-state index contributed by atoms with van der Waals surface area (Å²) < 4.78 is 0. The summed E-state index contributed by atoms with van der Waals surface area (Å²) in [6.07, 6.45) is 0. The Morgan fingerprint density at radius 2 is 1.93 bits per heavy atom. The van der Waals surface area contributed by atoms with Crippen LogP contribution in [0.5, 0.6) is 0 Å². The van der Waals surface area contributed by atoms with E-state index in [4.69, 9.17) is 23.1 Å². The first kappa shape index (κ1) is 11.5. The molecule has 1 aromatic carbocycles. The van der Waals surface area contributed by atoms with Crippen molar-refractivity contribution in [1.29, 1.82) is 0 Å². The first-order chi connectivity index (χ1) is 6.49. The van der Waals surface area contributed by atoms with Crippen molar-refractivity contribution in [3.05, 3.63) is 34.9 Å². The third kappa shape index (κ3) is 2.27. The fraction of sp³-hybridized carbons (Fsp3) is 0.455. The highest BCUT2D eigenvalue weighted by Crippen LogP contribution is 2.33. The molecule has 4 N–H and O–H groups in total. The fourth-order valence-electron chi connectivity index (χ4n) is 1.28. The van der Waals surface area contributed by atoms with Crippen molar-refractivity contribution in [2.24, 2.45) is 16.9 Å². The van der Waals surface area contributed by atoms with Gasteiger partial charge in [-0.1, -0.05) is 43.6 Å². The van der Waals surface area contributed by atoms with Gasteiger partial charge in [-0.05, 0) is 23.6 Å². The van der Waals surface area contributed by atoms with E-state index in [1.807, 2.05) is 38.1 Å². The lowest BCUT2D eigenvalue weighted by Crippen LogP contribution is -2.35. The number of nitrogens with two attached hydrogens (primary N) is 2. The summed E-state index contributed by atoms with van der Waals surface area (Å²) in [6, 6.07) is 7.51. The Kier molecular flexibility index (Phi) is 3.53. The average Bonchev–Trinajstić information content (AvgIpc) is 2.17. The second kappa shape index (κ2) is 4.30. The highest BCUT2D eigenvalue weighted by Gasteiger charge is 2.27. The van der Waals surface area contributed by atoms with Gasteiger partial charge < -0.3 is 11.5 Å². The van der Waals surface area contributed by atoms with Crippen molar-refractivity contribution in [3.63, 3.8) is 0 Å². The number of rotatable bonds is 3. The van der Waals surface area contributed by atoms with Gasteiger partial charge in [-0.25, -0.2) is 0 Å². The van der Waals surface area contributed by atoms with E-state index in [1.54, 1.807) is 0 Å². The van der Waals surface area contributed by atoms with Gasteiger partial charge in [0.1, 0.15) is 0 Å². The molecule has 1 aromatic rings. The molecule has 0 spiro atoms. The van der Waals surface area contributed by atoms with E-state index in [-0.39, 0.29) is 11.5 Å². The topological polar surface area (TPSA) is 52.0 Å². The molecule has 0 aliphatic heterocycles. The molecule has 1 unspecified atom stereocenters. The van der Waals surface area contributed by atoms with Crippen LogP contribution in [0.3, 0.4) is 0 Å². The molecule has 0 aromatic heterocycles. The maximum atomic E-state index is 6.12. The van der Waals surface area contributed by atoms with Gasteiger partial charge in [-0.2, -0.15) is 0 Å². The lowest BCUT2D eigenvalue weighted by atomic mass is 9.81. The molecule has 1 rings (SSSR count). The van der Waals surface area contributed by atoms with Gasteiger partial charge in [0, 0.05) is 11.1 Å². The molecule has 3 heteroatoms. The molecular weight excluding hydrogens is 196 g/mol. The minimum atomic E-state index is -0.134. The van der Waals surface area contributed by atoms with Crippen LogP contribution in [-0.4, -0.2) is 6.54 Å². The zero-order valence-corrected chi connectivity index (χ0v) is 9.38. The highest BCUT2D eigenvalue weighted by atomic mass is 35.5. The van der Waals surface area contributed by atoms with E-state index in [0.29, 0.717) is 11.6 Å². The standard InChI is InChI=1S/C11H17ClN2/c1-11(2,7-13)10(14)8-5-3-4-6-9(8)12/h3-6,10H,7,13-14H2,1-2H3. The molecule has 0 saturated heterocycles. The zero-order valence-electron chi connectivity index (χ0n) is 8.63. The van der Waals surface area contributed by atoms with Crippen LogP contribution in [0.4, 0.5) is 0 Å². The smallest absolute Gasteiger partial charge is 0.0453 e. The summed E-state index contributed by atoms with van der Waals surface area (Å²) in [5.74, 6) is 0. The molecule has 0 radical (unpaired) electrons. The van der Waals surface area contributed by atoms with Gasteiger partial charge in [0.2, 0.25) is 0 Å². The van der Waals surface area contributed by atoms with Gasteiger partial charge in [0.15, 0.2) is 0 Å². The molecular formula is C11H17ClN2. The van der Waals surface area contributed by atoms with Gasteiger partial charge in [-0.15, -0.1) is 0 Å². The largest absolute Gasteiger partial charge is 0.330 e. The minimum absolute atomic E-state index is 0.124. The minimum Gasteiger partial charge on any atom is -0.330 e. The summed E-state index contributed by atoms with van der Waals surface area (Å²) in [4.78, 5) is 0. The maximum absolute atomic E-state index is 6.12. The summed E-state index contributed by atoms with van der Waals surface area (Å²) in [6.45, 7) is 4.63. The van der Waals surface area contributed by atoms with E-state index in [9.17, 15) is 0 Å². The van der Waals surface area contributed by atoms with Crippen molar-refractivity contribution in [3.8, 4) is 0 Å². The average molecular weight is 213 g/mol. The molecule has 0 saturated carbocycles. The quantitative estimate of drug-likeness (QED) is 0.808. The van der Waals surface area contributed by atoms with Crippen LogP contribution in [-0.2, 0) is 0 Å². The molecule has 0 aliphatic carbocycles. The molecule has 0 amide bonds. The van der Waals surface area contributed by atoms with Crippen LogP contribution >= 0.6 is 11.6 Å². The van der Waals surface area contributed by atoms with Gasteiger partial charge in [0.25, 0.3) is 0 Å². The number of halogens is 1. The highest BCUT2D eigenvalue weighted by molar-refractivity contribution is 6.31. The molecule has 14 heavy (non-hydrogen) atoms. The monoisotopic (exact) mass is 212 g/mol. The summed E-state index contributed by atoms with van der Waals surface area (Å²) >= 11 is 6.06. The molecule has 2 nitrogen and oxygen atoms in total. The molecule has 0 fully saturated rings. The number of hydrogen-bond donors (Lipinski definition) is 2. The summed E-state index contributed by atoms with van der Waals surface area (Å²) in [5, 5.41) is 0.710. The SMILES string of the molecule is CC(C)(CN)C(N)c1ccccc1Cl. The van der Waals surface area contributed by atoms with Gasteiger partial charge in [0.05, 0.1) is 0 Å². The third-order valence-electron chi connectivity index (χ3n) is 2.61. The predicted molar refractivity (Wildman–Crippen MR) is 61.2 cm³/mol. The predicted octanol–water partition coefficient (Wildman–Crippen LogP) is 2.32. The first-order valence-electron chi connectivity index (χ1n) is 4.69. The van der Waals surface area contributed by atoms with Crippen molar-refractivity contribution in [1.82, 2.24) is 0 Å². The Balaban J connectivity index is 3.00. The second-order valence-electron chi connectivity index (χ2n) is 4.19. The summed E-state index contributed by atoms with van der Waals surface area (Å²) in [7, 11) is 0. The van der Waals surface area contributed by atoms with Crippen molar-refractivity contribution < 1.29 is 0 Å². The van der Waals surface area contributed by atoms with Gasteiger partial charge >= 0.3 is 0 Å².